The van der Waals surface area contributed by atoms with Crippen LogP contribution < -0.4 is 5.32 Å². The molecule has 1 aliphatic carbocycles. The van der Waals surface area contributed by atoms with E-state index in [2.05, 4.69) is 12.2 Å². The Morgan fingerprint density at radius 3 is 2.61 bits per heavy atom. The number of nitrogens with one attached hydrogen (secondary N) is 1. The number of halogens is 1. The van der Waals surface area contributed by atoms with Crippen molar-refractivity contribution in [2.24, 2.45) is 0 Å². The molecule has 0 amide bonds. The first kappa shape index (κ1) is 13.9. The molecule has 18 heavy (non-hydrogen) atoms. The molecule has 2 rings (SSSR count). The zero-order valence-corrected chi connectivity index (χ0v) is 11.7. The van der Waals surface area contributed by atoms with E-state index >= 15 is 0 Å². The highest BCUT2D eigenvalue weighted by Gasteiger charge is 2.29. The molecule has 1 unspecified atom stereocenters. The lowest BCUT2D eigenvalue weighted by atomic mass is 9.84. The van der Waals surface area contributed by atoms with Crippen molar-refractivity contribution < 1.29 is 5.11 Å². The Bertz CT molecular complexity index is 388. The molecule has 1 atom stereocenters. The second-order valence-electron chi connectivity index (χ2n) is 5.41. The third-order valence-corrected chi connectivity index (χ3v) is 4.24. The summed E-state index contributed by atoms with van der Waals surface area (Å²) in [5, 5.41) is 14.6. The summed E-state index contributed by atoms with van der Waals surface area (Å²) in [5.74, 6) is 0. The molecule has 2 N–H and O–H groups in total. The van der Waals surface area contributed by atoms with Gasteiger partial charge in [-0.25, -0.2) is 0 Å². The van der Waals surface area contributed by atoms with E-state index in [1.54, 1.807) is 0 Å². The molecule has 1 aromatic carbocycles. The van der Waals surface area contributed by atoms with Crippen LogP contribution in [0.25, 0.3) is 0 Å². The highest BCUT2D eigenvalue weighted by molar-refractivity contribution is 6.31. The monoisotopic (exact) mass is 267 g/mol. The van der Waals surface area contributed by atoms with E-state index in [-0.39, 0.29) is 6.04 Å². The number of hydrogen-bond donors (Lipinski definition) is 2. The fraction of sp³-hybridized carbons (Fsp3) is 0.600. The fourth-order valence-corrected chi connectivity index (χ4v) is 2.97. The van der Waals surface area contributed by atoms with Crippen LogP contribution in [0.5, 0.6) is 0 Å². The third kappa shape index (κ3) is 3.47. The van der Waals surface area contributed by atoms with Crippen LogP contribution in [0.3, 0.4) is 0 Å². The van der Waals surface area contributed by atoms with Crippen molar-refractivity contribution in [2.75, 3.05) is 6.54 Å². The Morgan fingerprint density at radius 1 is 1.28 bits per heavy atom. The first-order chi connectivity index (χ1) is 8.61. The van der Waals surface area contributed by atoms with E-state index < -0.39 is 5.60 Å². The van der Waals surface area contributed by atoms with Gasteiger partial charge >= 0.3 is 0 Å². The maximum Gasteiger partial charge on any atom is 0.0771 e. The van der Waals surface area contributed by atoms with Gasteiger partial charge in [0.1, 0.15) is 0 Å². The van der Waals surface area contributed by atoms with Gasteiger partial charge in [-0.3, -0.25) is 0 Å². The van der Waals surface area contributed by atoms with E-state index in [1.807, 2.05) is 24.3 Å². The average Bonchev–Trinajstić information content (AvgIpc) is 2.38. The van der Waals surface area contributed by atoms with Gasteiger partial charge in [0.15, 0.2) is 0 Å². The van der Waals surface area contributed by atoms with Crippen molar-refractivity contribution in [1.82, 2.24) is 5.32 Å². The molecule has 0 saturated heterocycles. The van der Waals surface area contributed by atoms with E-state index in [9.17, 15) is 5.11 Å². The Balaban J connectivity index is 1.92. The van der Waals surface area contributed by atoms with Crippen LogP contribution >= 0.6 is 11.6 Å². The van der Waals surface area contributed by atoms with Gasteiger partial charge in [-0.2, -0.15) is 0 Å². The molecule has 1 fully saturated rings. The van der Waals surface area contributed by atoms with Gasteiger partial charge < -0.3 is 10.4 Å². The zero-order chi connectivity index (χ0) is 13.0. The Hall–Kier alpha value is -0.570. The van der Waals surface area contributed by atoms with Crippen LogP contribution in [0.15, 0.2) is 24.3 Å². The molecule has 1 aliphatic rings. The lowest BCUT2D eigenvalue weighted by molar-refractivity contribution is 0.00300. The highest BCUT2D eigenvalue weighted by atomic mass is 35.5. The fourth-order valence-electron chi connectivity index (χ4n) is 2.67. The van der Waals surface area contributed by atoms with Crippen LogP contribution in [0, 0.1) is 0 Å². The lowest BCUT2D eigenvalue weighted by Crippen LogP contribution is -2.42. The molecule has 0 spiro atoms. The standard InChI is InChI=1S/C15H22ClNO/c1-12(13-7-3-4-8-14(13)16)17-11-15(18)9-5-2-6-10-15/h3-4,7-8,12,17-18H,2,5-6,9-11H2,1H3. The predicted molar refractivity (Wildman–Crippen MR) is 75.9 cm³/mol. The predicted octanol–water partition coefficient (Wildman–Crippen LogP) is 3.69. The zero-order valence-electron chi connectivity index (χ0n) is 11.0. The number of rotatable bonds is 4. The lowest BCUT2D eigenvalue weighted by Gasteiger charge is -2.33. The first-order valence-electron chi connectivity index (χ1n) is 6.81. The summed E-state index contributed by atoms with van der Waals surface area (Å²) in [4.78, 5) is 0. The maximum atomic E-state index is 10.4. The van der Waals surface area contributed by atoms with E-state index in [0.717, 1.165) is 36.3 Å². The van der Waals surface area contributed by atoms with Crippen LogP contribution in [-0.4, -0.2) is 17.3 Å². The highest BCUT2D eigenvalue weighted by Crippen LogP contribution is 2.28. The molecular formula is C15H22ClNO. The van der Waals surface area contributed by atoms with Gasteiger partial charge in [0, 0.05) is 17.6 Å². The largest absolute Gasteiger partial charge is 0.389 e. The van der Waals surface area contributed by atoms with Crippen LogP contribution in [0.2, 0.25) is 5.02 Å². The maximum absolute atomic E-state index is 10.4. The molecule has 1 aromatic rings. The minimum atomic E-state index is -0.520. The SMILES string of the molecule is CC(NCC1(O)CCCCC1)c1ccccc1Cl. The van der Waals surface area contributed by atoms with E-state index in [4.69, 9.17) is 11.6 Å². The smallest absolute Gasteiger partial charge is 0.0771 e. The minimum absolute atomic E-state index is 0.171. The molecular weight excluding hydrogens is 246 g/mol. The summed E-state index contributed by atoms with van der Waals surface area (Å²) >= 11 is 6.17. The molecule has 0 bridgehead atoms. The van der Waals surface area contributed by atoms with Crippen LogP contribution in [0.1, 0.15) is 50.6 Å². The van der Waals surface area contributed by atoms with Gasteiger partial charge in [0.2, 0.25) is 0 Å². The van der Waals surface area contributed by atoms with Crippen molar-refractivity contribution >= 4 is 11.6 Å². The summed E-state index contributed by atoms with van der Waals surface area (Å²) in [6.45, 7) is 2.74. The number of benzene rings is 1. The summed E-state index contributed by atoms with van der Waals surface area (Å²) in [7, 11) is 0. The topological polar surface area (TPSA) is 32.3 Å². The summed E-state index contributed by atoms with van der Waals surface area (Å²) in [6, 6.07) is 8.04. The van der Waals surface area contributed by atoms with Crippen molar-refractivity contribution in [3.05, 3.63) is 34.9 Å². The summed E-state index contributed by atoms with van der Waals surface area (Å²) < 4.78 is 0. The normalized spacial score (nSPS) is 20.6. The Kier molecular flexibility index (Phi) is 4.66. The van der Waals surface area contributed by atoms with E-state index in [0.29, 0.717) is 6.54 Å². The summed E-state index contributed by atoms with van der Waals surface area (Å²) in [6.07, 6.45) is 5.35. The van der Waals surface area contributed by atoms with Crippen molar-refractivity contribution in [3.8, 4) is 0 Å². The van der Waals surface area contributed by atoms with Gasteiger partial charge in [0.05, 0.1) is 5.60 Å². The molecule has 1 saturated carbocycles. The number of aliphatic hydroxyl groups is 1. The first-order valence-corrected chi connectivity index (χ1v) is 7.19. The summed E-state index contributed by atoms with van der Waals surface area (Å²) in [5.41, 5.74) is 0.576. The van der Waals surface area contributed by atoms with Crippen molar-refractivity contribution in [1.29, 1.82) is 0 Å². The van der Waals surface area contributed by atoms with Crippen molar-refractivity contribution in [3.63, 3.8) is 0 Å². The van der Waals surface area contributed by atoms with E-state index in [1.165, 1.54) is 6.42 Å². The molecule has 0 radical (unpaired) electrons. The Labute approximate surface area is 114 Å². The van der Waals surface area contributed by atoms with Crippen LogP contribution in [0.4, 0.5) is 0 Å². The van der Waals surface area contributed by atoms with Gasteiger partial charge in [-0.15, -0.1) is 0 Å². The van der Waals surface area contributed by atoms with Crippen LogP contribution in [-0.2, 0) is 0 Å². The average molecular weight is 268 g/mol. The molecule has 100 valence electrons. The third-order valence-electron chi connectivity index (χ3n) is 3.89. The van der Waals surface area contributed by atoms with Gasteiger partial charge in [-0.05, 0) is 31.4 Å². The minimum Gasteiger partial charge on any atom is -0.389 e. The second kappa shape index (κ2) is 6.05. The molecule has 0 heterocycles. The van der Waals surface area contributed by atoms with Gasteiger partial charge in [-0.1, -0.05) is 49.1 Å². The molecule has 0 aliphatic heterocycles. The number of hydrogen-bond acceptors (Lipinski definition) is 2. The second-order valence-corrected chi connectivity index (χ2v) is 5.82. The quantitative estimate of drug-likeness (QED) is 0.872. The molecule has 2 nitrogen and oxygen atoms in total. The Morgan fingerprint density at radius 2 is 1.94 bits per heavy atom. The molecule has 3 heteroatoms. The molecule has 0 aromatic heterocycles. The van der Waals surface area contributed by atoms with Gasteiger partial charge in [0.25, 0.3) is 0 Å². The van der Waals surface area contributed by atoms with Crippen molar-refractivity contribution in [2.45, 2.75) is 50.7 Å².